The largest absolute Gasteiger partial charge is 0.484 e. The Morgan fingerprint density at radius 2 is 2.11 bits per heavy atom. The average molecular weight is 265 g/mol. The number of fused-ring (bicyclic) bond motifs is 1. The van der Waals surface area contributed by atoms with Gasteiger partial charge in [-0.1, -0.05) is 0 Å². The van der Waals surface area contributed by atoms with Crippen LogP contribution in [0.4, 0.5) is 4.39 Å². The molecule has 19 heavy (non-hydrogen) atoms. The summed E-state index contributed by atoms with van der Waals surface area (Å²) in [5.41, 5.74) is 0. The Hall–Kier alpha value is -1.62. The van der Waals surface area contributed by atoms with Crippen molar-refractivity contribution in [2.24, 2.45) is 11.8 Å². The smallest absolute Gasteiger partial charge is 0.260 e. The zero-order chi connectivity index (χ0) is 13.4. The molecule has 1 saturated carbocycles. The van der Waals surface area contributed by atoms with Crippen LogP contribution in [-0.2, 0) is 4.79 Å². The molecule has 1 heterocycles. The Morgan fingerprint density at radius 3 is 2.74 bits per heavy atom. The van der Waals surface area contributed by atoms with E-state index in [4.69, 9.17) is 4.74 Å². The molecule has 2 aliphatic rings. The maximum Gasteiger partial charge on any atom is 0.260 e. The molecule has 1 aliphatic heterocycles. The highest BCUT2D eigenvalue weighted by atomic mass is 19.1. The van der Waals surface area contributed by atoms with Crippen LogP contribution in [0.25, 0.3) is 0 Å². The third kappa shape index (κ3) is 2.42. The number of carbonyl (C=O) groups is 1. The number of aliphatic hydroxyl groups is 1. The first-order valence-corrected chi connectivity index (χ1v) is 6.47. The van der Waals surface area contributed by atoms with E-state index in [0.717, 1.165) is 6.42 Å². The van der Waals surface area contributed by atoms with Crippen LogP contribution >= 0.6 is 0 Å². The predicted octanol–water partition coefficient (Wildman–Crippen LogP) is 1.04. The minimum Gasteiger partial charge on any atom is -0.484 e. The van der Waals surface area contributed by atoms with Crippen molar-refractivity contribution in [2.75, 3.05) is 19.7 Å². The maximum atomic E-state index is 12.7. The second kappa shape index (κ2) is 4.81. The second-order valence-electron chi connectivity index (χ2n) is 5.27. The van der Waals surface area contributed by atoms with Gasteiger partial charge in [0.2, 0.25) is 0 Å². The van der Waals surface area contributed by atoms with Gasteiger partial charge in [0.1, 0.15) is 11.6 Å². The quantitative estimate of drug-likeness (QED) is 0.888. The fourth-order valence-corrected chi connectivity index (χ4v) is 2.84. The van der Waals surface area contributed by atoms with Crippen molar-refractivity contribution >= 4 is 5.91 Å². The molecule has 1 aliphatic carbocycles. The molecule has 0 spiro atoms. The van der Waals surface area contributed by atoms with Gasteiger partial charge < -0.3 is 14.7 Å². The molecule has 1 N–H and O–H groups in total. The number of aliphatic hydroxyl groups excluding tert-OH is 1. The van der Waals surface area contributed by atoms with Crippen LogP contribution in [0, 0.1) is 17.7 Å². The standard InChI is InChI=1S/C14H16FNO3/c15-10-1-3-11(4-2-10)19-8-14(18)16-6-9-5-13(17)12(9)7-16/h1-4,9,12-13,17H,5-8H2/t9-,12+,13-/m0/s1. The second-order valence-corrected chi connectivity index (χ2v) is 5.27. The SMILES string of the molecule is O=C(COc1ccc(F)cc1)N1C[C@@H]2C[C@H](O)[C@@H]2C1. The monoisotopic (exact) mass is 265 g/mol. The van der Waals surface area contributed by atoms with Gasteiger partial charge in [-0.05, 0) is 36.6 Å². The predicted molar refractivity (Wildman–Crippen MR) is 66.1 cm³/mol. The summed E-state index contributed by atoms with van der Waals surface area (Å²) in [7, 11) is 0. The molecule has 0 aromatic heterocycles. The zero-order valence-corrected chi connectivity index (χ0v) is 10.5. The number of rotatable bonds is 3. The molecule has 0 bridgehead atoms. The number of ether oxygens (including phenoxy) is 1. The van der Waals surface area contributed by atoms with Crippen molar-refractivity contribution in [1.29, 1.82) is 0 Å². The minimum atomic E-state index is -0.330. The summed E-state index contributed by atoms with van der Waals surface area (Å²) in [6, 6.07) is 5.60. The van der Waals surface area contributed by atoms with E-state index in [1.54, 1.807) is 4.90 Å². The molecule has 1 aromatic rings. The number of carbonyl (C=O) groups excluding carboxylic acids is 1. The van der Waals surface area contributed by atoms with Gasteiger partial charge in [-0.3, -0.25) is 4.79 Å². The first kappa shape index (κ1) is 12.4. The van der Waals surface area contributed by atoms with E-state index in [-0.39, 0.29) is 30.4 Å². The van der Waals surface area contributed by atoms with Gasteiger partial charge in [0.15, 0.2) is 6.61 Å². The van der Waals surface area contributed by atoms with Crippen LogP contribution in [0.15, 0.2) is 24.3 Å². The van der Waals surface area contributed by atoms with Crippen LogP contribution < -0.4 is 4.74 Å². The van der Waals surface area contributed by atoms with Crippen LogP contribution in [-0.4, -0.2) is 41.7 Å². The van der Waals surface area contributed by atoms with E-state index in [0.29, 0.717) is 24.8 Å². The Balaban J connectivity index is 1.50. The Labute approximate surface area is 110 Å². The molecule has 102 valence electrons. The molecule has 4 nitrogen and oxygen atoms in total. The lowest BCUT2D eigenvalue weighted by atomic mass is 9.74. The van der Waals surface area contributed by atoms with Gasteiger partial charge in [0, 0.05) is 19.0 Å². The third-order valence-electron chi connectivity index (χ3n) is 4.06. The highest BCUT2D eigenvalue weighted by Crippen LogP contribution is 2.40. The van der Waals surface area contributed by atoms with Gasteiger partial charge >= 0.3 is 0 Å². The van der Waals surface area contributed by atoms with Crippen LogP contribution in [0.5, 0.6) is 5.75 Å². The highest BCUT2D eigenvalue weighted by Gasteiger charge is 2.47. The third-order valence-corrected chi connectivity index (χ3v) is 4.06. The Bertz CT molecular complexity index is 476. The van der Waals surface area contributed by atoms with Gasteiger partial charge in [-0.2, -0.15) is 0 Å². The van der Waals surface area contributed by atoms with Crippen molar-refractivity contribution in [1.82, 2.24) is 4.90 Å². The Morgan fingerprint density at radius 1 is 1.37 bits per heavy atom. The molecule has 1 aromatic carbocycles. The number of halogens is 1. The maximum absolute atomic E-state index is 12.7. The Kier molecular flexibility index (Phi) is 3.14. The van der Waals surface area contributed by atoms with E-state index in [2.05, 4.69) is 0 Å². The summed E-state index contributed by atoms with van der Waals surface area (Å²) in [4.78, 5) is 13.7. The van der Waals surface area contributed by atoms with E-state index >= 15 is 0 Å². The van der Waals surface area contributed by atoms with Gasteiger partial charge in [-0.15, -0.1) is 0 Å². The van der Waals surface area contributed by atoms with Crippen molar-refractivity contribution < 1.29 is 19.0 Å². The fraction of sp³-hybridized carbons (Fsp3) is 0.500. The van der Waals surface area contributed by atoms with Crippen molar-refractivity contribution in [3.63, 3.8) is 0 Å². The van der Waals surface area contributed by atoms with Crippen LogP contribution in [0.1, 0.15) is 6.42 Å². The van der Waals surface area contributed by atoms with Crippen LogP contribution in [0.3, 0.4) is 0 Å². The molecule has 0 unspecified atom stereocenters. The average Bonchev–Trinajstić information content (AvgIpc) is 2.75. The zero-order valence-electron chi connectivity index (χ0n) is 10.5. The number of likely N-dealkylation sites (tertiary alicyclic amines) is 1. The first-order valence-electron chi connectivity index (χ1n) is 6.47. The summed E-state index contributed by atoms with van der Waals surface area (Å²) in [5, 5.41) is 9.55. The molecule has 1 saturated heterocycles. The number of benzene rings is 1. The number of amides is 1. The number of hydrogen-bond donors (Lipinski definition) is 1. The summed E-state index contributed by atoms with van der Waals surface area (Å²) < 4.78 is 18.0. The molecule has 1 amide bonds. The minimum absolute atomic E-state index is 0.0405. The molecular weight excluding hydrogens is 249 g/mol. The molecule has 3 atom stereocenters. The first-order chi connectivity index (χ1) is 9.13. The van der Waals surface area contributed by atoms with Crippen molar-refractivity contribution in [3.05, 3.63) is 30.1 Å². The van der Waals surface area contributed by atoms with Crippen molar-refractivity contribution in [3.8, 4) is 5.75 Å². The summed E-state index contributed by atoms with van der Waals surface area (Å²) >= 11 is 0. The summed E-state index contributed by atoms with van der Waals surface area (Å²) in [5.74, 6) is 0.770. The fourth-order valence-electron chi connectivity index (χ4n) is 2.84. The number of nitrogens with zero attached hydrogens (tertiary/aromatic N) is 1. The van der Waals surface area contributed by atoms with Gasteiger partial charge in [-0.25, -0.2) is 4.39 Å². The van der Waals surface area contributed by atoms with Gasteiger partial charge in [0.25, 0.3) is 5.91 Å². The normalized spacial score (nSPS) is 28.7. The number of hydrogen-bond acceptors (Lipinski definition) is 3. The van der Waals surface area contributed by atoms with Gasteiger partial charge in [0.05, 0.1) is 6.10 Å². The van der Waals surface area contributed by atoms with E-state index in [9.17, 15) is 14.3 Å². The summed E-state index contributed by atoms with van der Waals surface area (Å²) in [6.45, 7) is 1.30. The lowest BCUT2D eigenvalue weighted by molar-refractivity contribution is -0.132. The topological polar surface area (TPSA) is 49.8 Å². The van der Waals surface area contributed by atoms with Crippen molar-refractivity contribution in [2.45, 2.75) is 12.5 Å². The van der Waals surface area contributed by atoms with Crippen LogP contribution in [0.2, 0.25) is 0 Å². The molecule has 3 rings (SSSR count). The van der Waals surface area contributed by atoms with E-state index < -0.39 is 0 Å². The highest BCUT2D eigenvalue weighted by molar-refractivity contribution is 5.78. The lowest BCUT2D eigenvalue weighted by Gasteiger charge is -2.34. The molecule has 2 fully saturated rings. The summed E-state index contributed by atoms with van der Waals surface area (Å²) in [6.07, 6.45) is 0.550. The lowest BCUT2D eigenvalue weighted by Crippen LogP contribution is -2.40. The molecule has 5 heteroatoms. The molecule has 0 radical (unpaired) electrons. The van der Waals surface area contributed by atoms with E-state index in [1.807, 2.05) is 0 Å². The molecular formula is C14H16FNO3. The van der Waals surface area contributed by atoms with E-state index in [1.165, 1.54) is 24.3 Å².